The largest absolute Gasteiger partial charge is 0.490 e. The first-order valence-corrected chi connectivity index (χ1v) is 11.4. The summed E-state index contributed by atoms with van der Waals surface area (Å²) in [5, 5.41) is 17.2. The number of alkyl halides is 6. The van der Waals surface area contributed by atoms with Gasteiger partial charge in [0.05, 0.1) is 18.9 Å². The summed E-state index contributed by atoms with van der Waals surface area (Å²) in [6.07, 6.45) is -2.32. The number of aliphatic carboxylic acids is 2. The van der Waals surface area contributed by atoms with Crippen LogP contribution in [0.15, 0.2) is 47.3 Å². The fourth-order valence-corrected chi connectivity index (χ4v) is 3.83. The lowest BCUT2D eigenvalue weighted by Gasteiger charge is -2.35. The number of aromatic nitrogens is 1. The van der Waals surface area contributed by atoms with Gasteiger partial charge in [-0.25, -0.2) is 9.59 Å². The van der Waals surface area contributed by atoms with Crippen molar-refractivity contribution >= 4 is 17.8 Å². The van der Waals surface area contributed by atoms with Gasteiger partial charge in [0.15, 0.2) is 0 Å². The quantitative estimate of drug-likeness (QED) is 0.462. The molecule has 0 aliphatic carbocycles. The zero-order valence-electron chi connectivity index (χ0n) is 20.1. The SMILES string of the molecule is O=C(NCc1ccco1)[C@H]1CC[C@@H]2[C@@H](CCN2Cc2cccnc2)O1.O=C(O)C(F)(F)F.O=C(O)C(F)(F)F. The fourth-order valence-electron chi connectivity index (χ4n) is 3.83. The number of carboxylic acid groups (broad SMARTS) is 2. The van der Waals surface area contributed by atoms with E-state index in [-0.39, 0.29) is 18.1 Å². The number of halogens is 6. The van der Waals surface area contributed by atoms with Gasteiger partial charge in [-0.2, -0.15) is 26.3 Å². The Kier molecular flexibility index (Phi) is 11.3. The van der Waals surface area contributed by atoms with E-state index in [0.29, 0.717) is 12.6 Å². The number of rotatable bonds is 5. The molecule has 216 valence electrons. The number of pyridine rings is 1. The van der Waals surface area contributed by atoms with E-state index in [9.17, 15) is 31.1 Å². The highest BCUT2D eigenvalue weighted by Crippen LogP contribution is 2.32. The molecule has 3 N–H and O–H groups in total. The van der Waals surface area contributed by atoms with Crippen LogP contribution in [0.2, 0.25) is 0 Å². The summed E-state index contributed by atoms with van der Waals surface area (Å²) < 4.78 is 74.8. The molecular weight excluding hydrogens is 544 g/mol. The van der Waals surface area contributed by atoms with Crippen LogP contribution in [0.4, 0.5) is 26.3 Å². The smallest absolute Gasteiger partial charge is 0.475 e. The number of fused-ring (bicyclic) bond motifs is 1. The topological polar surface area (TPSA) is 142 Å². The molecule has 0 unspecified atom stereocenters. The molecule has 2 fully saturated rings. The first-order chi connectivity index (χ1) is 18.2. The average Bonchev–Trinajstić information content (AvgIpc) is 3.53. The van der Waals surface area contributed by atoms with Crippen molar-refractivity contribution in [3.05, 3.63) is 54.2 Å². The van der Waals surface area contributed by atoms with Crippen molar-refractivity contribution in [1.29, 1.82) is 0 Å². The fraction of sp³-hybridized carbons (Fsp3) is 0.478. The number of nitrogens with zero attached hydrogens (tertiary/aromatic N) is 2. The first kappa shape index (κ1) is 31.6. The third-order valence-corrected chi connectivity index (χ3v) is 5.57. The van der Waals surface area contributed by atoms with Gasteiger partial charge in [0, 0.05) is 31.5 Å². The summed E-state index contributed by atoms with van der Waals surface area (Å²) in [5.41, 5.74) is 1.22. The predicted molar refractivity (Wildman–Crippen MR) is 119 cm³/mol. The number of ether oxygens (including phenoxy) is 1. The molecule has 39 heavy (non-hydrogen) atoms. The molecule has 0 saturated carbocycles. The number of hydrogen-bond acceptors (Lipinski definition) is 7. The number of nitrogens with one attached hydrogen (secondary N) is 1. The van der Waals surface area contributed by atoms with Crippen LogP contribution in [0.1, 0.15) is 30.6 Å². The molecule has 0 bridgehead atoms. The maximum absolute atomic E-state index is 12.4. The molecule has 4 rings (SSSR count). The van der Waals surface area contributed by atoms with E-state index in [1.165, 1.54) is 5.56 Å². The molecule has 2 aliphatic heterocycles. The first-order valence-electron chi connectivity index (χ1n) is 11.4. The predicted octanol–water partition coefficient (Wildman–Crippen LogP) is 3.38. The number of likely N-dealkylation sites (tertiary alicyclic amines) is 1. The van der Waals surface area contributed by atoms with Gasteiger partial charge in [-0.3, -0.25) is 14.7 Å². The van der Waals surface area contributed by atoms with Crippen LogP contribution in [0.5, 0.6) is 0 Å². The molecule has 3 atom stereocenters. The monoisotopic (exact) mass is 569 g/mol. The van der Waals surface area contributed by atoms with E-state index in [1.807, 2.05) is 24.4 Å². The van der Waals surface area contributed by atoms with E-state index >= 15 is 0 Å². The summed E-state index contributed by atoms with van der Waals surface area (Å²) in [6.45, 7) is 2.31. The highest BCUT2D eigenvalue weighted by molar-refractivity contribution is 5.80. The van der Waals surface area contributed by atoms with Crippen LogP contribution >= 0.6 is 0 Å². The molecule has 2 aliphatic rings. The molecule has 1 amide bonds. The Labute approximate surface area is 217 Å². The number of carboxylic acids is 2. The minimum atomic E-state index is -5.08. The van der Waals surface area contributed by atoms with Crippen molar-refractivity contribution in [1.82, 2.24) is 15.2 Å². The van der Waals surface area contributed by atoms with E-state index in [0.717, 1.165) is 38.1 Å². The maximum atomic E-state index is 12.4. The van der Waals surface area contributed by atoms with Gasteiger partial charge in [0.2, 0.25) is 5.91 Å². The Balaban J connectivity index is 0.000000317. The number of furan rings is 1. The lowest BCUT2D eigenvalue weighted by atomic mass is 9.98. The third kappa shape index (κ3) is 10.6. The van der Waals surface area contributed by atoms with Gasteiger partial charge in [0.1, 0.15) is 11.9 Å². The highest BCUT2D eigenvalue weighted by Gasteiger charge is 2.41. The summed E-state index contributed by atoms with van der Waals surface area (Å²) in [5.74, 6) is -4.80. The molecule has 16 heteroatoms. The summed E-state index contributed by atoms with van der Waals surface area (Å²) >= 11 is 0. The summed E-state index contributed by atoms with van der Waals surface area (Å²) in [6, 6.07) is 8.15. The van der Waals surface area contributed by atoms with Gasteiger partial charge in [-0.05, 0) is 43.0 Å². The molecule has 10 nitrogen and oxygen atoms in total. The minimum Gasteiger partial charge on any atom is -0.475 e. The van der Waals surface area contributed by atoms with Crippen LogP contribution in [-0.4, -0.2) is 75.1 Å². The van der Waals surface area contributed by atoms with E-state index in [4.69, 9.17) is 29.0 Å². The highest BCUT2D eigenvalue weighted by atomic mass is 19.4. The molecule has 2 aromatic rings. The second-order valence-corrected chi connectivity index (χ2v) is 8.33. The molecule has 0 radical (unpaired) electrons. The summed E-state index contributed by atoms with van der Waals surface area (Å²) in [4.78, 5) is 36.8. The van der Waals surface area contributed by atoms with Gasteiger partial charge < -0.3 is 24.7 Å². The Hall–Kier alpha value is -3.66. The minimum absolute atomic E-state index is 0.0411. The Morgan fingerprint density at radius 3 is 2.15 bits per heavy atom. The molecule has 0 spiro atoms. The van der Waals surface area contributed by atoms with Gasteiger partial charge in [-0.15, -0.1) is 0 Å². The summed E-state index contributed by atoms with van der Waals surface area (Å²) in [7, 11) is 0. The zero-order chi connectivity index (χ0) is 29.2. The van der Waals surface area contributed by atoms with Crippen molar-refractivity contribution in [2.45, 2.75) is 63.0 Å². The lowest BCUT2D eigenvalue weighted by Crippen LogP contribution is -2.47. The van der Waals surface area contributed by atoms with E-state index < -0.39 is 24.3 Å². The van der Waals surface area contributed by atoms with Crippen LogP contribution in [0.25, 0.3) is 0 Å². The Bertz CT molecular complexity index is 1040. The number of carbonyl (C=O) groups is 3. The lowest BCUT2D eigenvalue weighted by molar-refractivity contribution is -0.193. The van der Waals surface area contributed by atoms with E-state index in [2.05, 4.69) is 21.3 Å². The van der Waals surface area contributed by atoms with Crippen molar-refractivity contribution < 1.29 is 60.1 Å². The molecule has 2 saturated heterocycles. The normalized spacial score (nSPS) is 20.9. The van der Waals surface area contributed by atoms with Crippen LogP contribution in [-0.2, 0) is 32.2 Å². The van der Waals surface area contributed by atoms with Crippen molar-refractivity contribution in [2.75, 3.05) is 6.54 Å². The van der Waals surface area contributed by atoms with E-state index in [1.54, 1.807) is 12.5 Å². The van der Waals surface area contributed by atoms with Gasteiger partial charge in [0.25, 0.3) is 0 Å². The van der Waals surface area contributed by atoms with Gasteiger partial charge >= 0.3 is 24.3 Å². The van der Waals surface area contributed by atoms with Crippen LogP contribution < -0.4 is 5.32 Å². The second kappa shape index (κ2) is 13.9. The standard InChI is InChI=1S/C19H23N3O3.2C2HF3O2/c23-19(21-12-15-4-2-10-24-15)18-6-5-16-17(25-18)7-9-22(16)13-14-3-1-8-20-11-14;2*3-2(4,5)1(6)7/h1-4,8,10-11,16-18H,5-7,9,12-13H2,(H,21,23);2*(H,6,7)/t16-,17-,18-;;/m1../s1. The third-order valence-electron chi connectivity index (χ3n) is 5.57. The molecule has 4 heterocycles. The van der Waals surface area contributed by atoms with Crippen LogP contribution in [0.3, 0.4) is 0 Å². The Morgan fingerprint density at radius 2 is 1.64 bits per heavy atom. The molecule has 2 aromatic heterocycles. The van der Waals surface area contributed by atoms with Crippen molar-refractivity contribution in [2.24, 2.45) is 0 Å². The van der Waals surface area contributed by atoms with Crippen LogP contribution in [0, 0.1) is 0 Å². The number of amides is 1. The second-order valence-electron chi connectivity index (χ2n) is 8.33. The molecule has 0 aromatic carbocycles. The number of hydrogen-bond donors (Lipinski definition) is 3. The zero-order valence-corrected chi connectivity index (χ0v) is 20.1. The van der Waals surface area contributed by atoms with Crippen molar-refractivity contribution in [3.63, 3.8) is 0 Å². The van der Waals surface area contributed by atoms with Crippen molar-refractivity contribution in [3.8, 4) is 0 Å². The Morgan fingerprint density at radius 1 is 1.00 bits per heavy atom. The average molecular weight is 569 g/mol. The molecular formula is C23H25F6N3O7. The number of carbonyl (C=O) groups excluding carboxylic acids is 1. The van der Waals surface area contributed by atoms with Gasteiger partial charge in [-0.1, -0.05) is 6.07 Å². The maximum Gasteiger partial charge on any atom is 0.490 e.